The van der Waals surface area contributed by atoms with Crippen molar-refractivity contribution in [3.63, 3.8) is 0 Å². The van der Waals surface area contributed by atoms with Crippen LogP contribution in [0.3, 0.4) is 0 Å². The molecule has 1 nitrogen and oxygen atoms in total. The molecule has 0 amide bonds. The molecule has 2 saturated carbocycles. The van der Waals surface area contributed by atoms with E-state index in [1.807, 2.05) is 13.8 Å². The van der Waals surface area contributed by atoms with Crippen molar-refractivity contribution in [1.82, 2.24) is 0 Å². The number of ketones is 1. The number of fused-ring (bicyclic) bond motifs is 5. The molecule has 0 radical (unpaired) electrons. The number of carbonyl (C=O) groups is 1. The summed E-state index contributed by atoms with van der Waals surface area (Å²) < 4.78 is 0. The van der Waals surface area contributed by atoms with Crippen LogP contribution in [-0.4, -0.2) is 5.78 Å². The number of carbonyl (C=O) groups excluding carboxylic acids is 1. The second kappa shape index (κ2) is 7.44. The molecule has 1 heteroatoms. The van der Waals surface area contributed by atoms with E-state index in [0.717, 1.165) is 36.5 Å². The zero-order valence-electron chi connectivity index (χ0n) is 19.0. The van der Waals surface area contributed by atoms with Crippen LogP contribution in [0.4, 0.5) is 0 Å². The second-order valence-corrected chi connectivity index (χ2v) is 11.5. The van der Waals surface area contributed by atoms with Crippen LogP contribution in [0.1, 0.15) is 92.4 Å². The van der Waals surface area contributed by atoms with Crippen LogP contribution in [0.5, 0.6) is 0 Å². The normalized spacial score (nSPS) is 43.1. The van der Waals surface area contributed by atoms with Crippen molar-refractivity contribution >= 4 is 5.78 Å². The van der Waals surface area contributed by atoms with Crippen LogP contribution < -0.4 is 0 Å². The van der Waals surface area contributed by atoms with Crippen LogP contribution in [0.15, 0.2) is 23.8 Å². The van der Waals surface area contributed by atoms with Gasteiger partial charge in [0.1, 0.15) is 5.78 Å². The average molecular weight is 383 g/mol. The first-order valence-electron chi connectivity index (χ1n) is 12.2. The zero-order chi connectivity index (χ0) is 20.1. The maximum Gasteiger partial charge on any atom is 0.135 e. The van der Waals surface area contributed by atoms with E-state index in [1.54, 1.807) is 5.57 Å². The molecule has 0 unspecified atom stereocenters. The summed E-state index contributed by atoms with van der Waals surface area (Å²) in [4.78, 5) is 12.2. The summed E-state index contributed by atoms with van der Waals surface area (Å²) in [6.07, 6.45) is 19.2. The fourth-order valence-electron chi connectivity index (χ4n) is 8.02. The van der Waals surface area contributed by atoms with Gasteiger partial charge in [-0.1, -0.05) is 52.8 Å². The minimum Gasteiger partial charge on any atom is -0.299 e. The molecule has 0 aliphatic heterocycles. The quantitative estimate of drug-likeness (QED) is 0.485. The lowest BCUT2D eigenvalue weighted by molar-refractivity contribution is -0.122. The molecule has 2 fully saturated rings. The Balaban J connectivity index is 1.51. The van der Waals surface area contributed by atoms with E-state index in [1.165, 1.54) is 44.9 Å². The molecule has 0 aromatic rings. The molecular formula is C27H42O. The molecule has 4 aliphatic carbocycles. The molecule has 4 rings (SSSR count). The fourth-order valence-corrected chi connectivity index (χ4v) is 8.02. The van der Waals surface area contributed by atoms with Crippen molar-refractivity contribution in [2.45, 2.75) is 92.4 Å². The summed E-state index contributed by atoms with van der Waals surface area (Å²) in [5.41, 5.74) is 2.57. The van der Waals surface area contributed by atoms with Crippen molar-refractivity contribution in [2.24, 2.45) is 46.3 Å². The summed E-state index contributed by atoms with van der Waals surface area (Å²) in [6, 6.07) is 0. The number of hydrogen-bond acceptors (Lipinski definition) is 1. The number of rotatable bonds is 5. The van der Waals surface area contributed by atoms with Crippen LogP contribution >= 0.6 is 0 Å². The predicted octanol–water partition coefficient (Wildman–Crippen LogP) is 7.37. The van der Waals surface area contributed by atoms with E-state index in [4.69, 9.17) is 0 Å². The van der Waals surface area contributed by atoms with Crippen molar-refractivity contribution in [3.05, 3.63) is 23.8 Å². The summed E-state index contributed by atoms with van der Waals surface area (Å²) in [5, 5.41) is 0. The van der Waals surface area contributed by atoms with Crippen LogP contribution in [-0.2, 0) is 4.79 Å². The third-order valence-electron chi connectivity index (χ3n) is 9.82. The van der Waals surface area contributed by atoms with Crippen molar-refractivity contribution in [3.8, 4) is 0 Å². The fraction of sp³-hybridized carbons (Fsp3) is 0.815. The van der Waals surface area contributed by atoms with E-state index in [9.17, 15) is 4.79 Å². The molecule has 0 aromatic carbocycles. The van der Waals surface area contributed by atoms with Gasteiger partial charge in [0, 0.05) is 12.3 Å². The molecule has 0 heterocycles. The first kappa shape index (κ1) is 20.4. The minimum atomic E-state index is 0.195. The largest absolute Gasteiger partial charge is 0.299 e. The lowest BCUT2D eigenvalue weighted by Gasteiger charge is -2.56. The first-order valence-corrected chi connectivity index (χ1v) is 12.2. The van der Waals surface area contributed by atoms with Gasteiger partial charge in [0.15, 0.2) is 0 Å². The van der Waals surface area contributed by atoms with Crippen molar-refractivity contribution in [2.75, 3.05) is 0 Å². The van der Waals surface area contributed by atoms with Crippen molar-refractivity contribution in [1.29, 1.82) is 0 Å². The van der Waals surface area contributed by atoms with Gasteiger partial charge in [0.05, 0.1) is 0 Å². The number of Topliss-reactive ketones (excluding diaryl/α,β-unsaturated/α-hetero) is 1. The lowest BCUT2D eigenvalue weighted by Crippen LogP contribution is -2.49. The maximum atomic E-state index is 12.2. The van der Waals surface area contributed by atoms with E-state index in [0.29, 0.717) is 22.5 Å². The summed E-state index contributed by atoms with van der Waals surface area (Å²) in [7, 11) is 0. The molecule has 156 valence electrons. The zero-order valence-corrected chi connectivity index (χ0v) is 19.0. The highest BCUT2D eigenvalue weighted by atomic mass is 16.1. The van der Waals surface area contributed by atoms with E-state index >= 15 is 0 Å². The Morgan fingerprint density at radius 1 is 1.11 bits per heavy atom. The molecule has 0 spiro atoms. The highest BCUT2D eigenvalue weighted by Gasteiger charge is 2.58. The third kappa shape index (κ3) is 3.16. The summed E-state index contributed by atoms with van der Waals surface area (Å²) in [6.45, 7) is 11.7. The Bertz CT molecular complexity index is 670. The van der Waals surface area contributed by atoms with E-state index < -0.39 is 0 Å². The summed E-state index contributed by atoms with van der Waals surface area (Å²) in [5.74, 6) is 4.64. The van der Waals surface area contributed by atoms with Gasteiger partial charge in [0.25, 0.3) is 0 Å². The van der Waals surface area contributed by atoms with E-state index in [-0.39, 0.29) is 5.92 Å². The van der Waals surface area contributed by atoms with Crippen LogP contribution in [0.2, 0.25) is 0 Å². The van der Waals surface area contributed by atoms with Gasteiger partial charge >= 0.3 is 0 Å². The standard InChI is InChI=1S/C27H42O/c1-18(2)25(28)14-9-19(3)22-12-13-23-21-11-10-20-8-6-7-16-26(20,4)24(21)15-17-27(22,23)5/h8,10-11,18-19,21-24H,6-7,9,12-17H2,1-5H3/t19-,21+,22-,23+,24+,26+,27-/m1/s1. The summed E-state index contributed by atoms with van der Waals surface area (Å²) >= 11 is 0. The predicted molar refractivity (Wildman–Crippen MR) is 118 cm³/mol. The van der Waals surface area contributed by atoms with Gasteiger partial charge in [-0.25, -0.2) is 0 Å². The van der Waals surface area contributed by atoms with Gasteiger partial charge in [-0.2, -0.15) is 0 Å². The van der Waals surface area contributed by atoms with E-state index in [2.05, 4.69) is 39.0 Å². The molecule has 4 aliphatic rings. The van der Waals surface area contributed by atoms with Gasteiger partial charge in [-0.15, -0.1) is 0 Å². The lowest BCUT2D eigenvalue weighted by atomic mass is 9.48. The first-order chi connectivity index (χ1) is 13.3. The second-order valence-electron chi connectivity index (χ2n) is 11.5. The molecule has 0 saturated heterocycles. The number of hydrogen-bond donors (Lipinski definition) is 0. The Labute approximate surface area is 173 Å². The van der Waals surface area contributed by atoms with Crippen LogP contribution in [0.25, 0.3) is 0 Å². The molecule has 28 heavy (non-hydrogen) atoms. The van der Waals surface area contributed by atoms with Crippen molar-refractivity contribution < 1.29 is 4.79 Å². The Hall–Kier alpha value is -0.850. The van der Waals surface area contributed by atoms with Gasteiger partial charge < -0.3 is 0 Å². The SMILES string of the molecule is CC(C)C(=O)CC[C@@H](C)[C@H]1CC[C@H]2[C@@H]3C=CC4=CCCC[C@]4(C)[C@H]3CC[C@]12C. The monoisotopic (exact) mass is 382 g/mol. The Kier molecular flexibility index (Phi) is 5.43. The molecule has 0 bridgehead atoms. The highest BCUT2D eigenvalue weighted by molar-refractivity contribution is 5.80. The smallest absolute Gasteiger partial charge is 0.135 e. The number of allylic oxidation sites excluding steroid dienone is 4. The molecule has 7 atom stereocenters. The molecule has 0 aromatic heterocycles. The average Bonchev–Trinajstić information content (AvgIpc) is 3.02. The van der Waals surface area contributed by atoms with Gasteiger partial charge in [0.2, 0.25) is 0 Å². The van der Waals surface area contributed by atoms with Crippen LogP contribution in [0, 0.1) is 46.3 Å². The Morgan fingerprint density at radius 2 is 1.89 bits per heavy atom. The van der Waals surface area contributed by atoms with Gasteiger partial charge in [-0.3, -0.25) is 4.79 Å². The molecular weight excluding hydrogens is 340 g/mol. The van der Waals surface area contributed by atoms with Gasteiger partial charge in [-0.05, 0) is 97.4 Å². The highest BCUT2D eigenvalue weighted by Crippen LogP contribution is 2.66. The topological polar surface area (TPSA) is 17.1 Å². The molecule has 0 N–H and O–H groups in total. The third-order valence-corrected chi connectivity index (χ3v) is 9.82. The Morgan fingerprint density at radius 3 is 2.64 bits per heavy atom. The minimum absolute atomic E-state index is 0.195. The maximum absolute atomic E-state index is 12.2.